The number of amides is 1. The highest BCUT2D eigenvalue weighted by atomic mass is 16.1. The lowest BCUT2D eigenvalue weighted by atomic mass is 9.94. The number of nitrogens with two attached hydrogens (primary N) is 2. The molecule has 0 saturated carbocycles. The average Bonchev–Trinajstić information content (AvgIpc) is 2.77. The van der Waals surface area contributed by atoms with Gasteiger partial charge in [-0.15, -0.1) is 0 Å². The molecular formula is C14H22N4O. The van der Waals surface area contributed by atoms with E-state index in [0.717, 1.165) is 5.92 Å². The first-order valence-electron chi connectivity index (χ1n) is 6.31. The van der Waals surface area contributed by atoms with Gasteiger partial charge in [0, 0.05) is 6.54 Å². The first kappa shape index (κ1) is 15.2. The molecule has 1 aromatic carbocycles. The number of guanidine groups is 1. The minimum atomic E-state index is -0.204. The third-order valence-corrected chi connectivity index (χ3v) is 3.22. The van der Waals surface area contributed by atoms with Crippen LogP contribution in [0.3, 0.4) is 0 Å². The van der Waals surface area contributed by atoms with E-state index in [-0.39, 0.29) is 12.4 Å². The number of likely N-dealkylation sites (tertiary alicyclic amines) is 1. The third-order valence-electron chi connectivity index (χ3n) is 3.22. The molecule has 1 fully saturated rings. The van der Waals surface area contributed by atoms with E-state index in [2.05, 4.69) is 48.1 Å². The summed E-state index contributed by atoms with van der Waals surface area (Å²) in [4.78, 5) is 14.6. The van der Waals surface area contributed by atoms with Crippen molar-refractivity contribution in [3.8, 4) is 0 Å². The molecule has 1 atom stereocenters. The van der Waals surface area contributed by atoms with Gasteiger partial charge in [0.05, 0.1) is 0 Å². The number of carbonyl (C=O) groups excluding carboxylic acids is 1. The molecule has 0 radical (unpaired) electrons. The van der Waals surface area contributed by atoms with Crippen LogP contribution in [0.25, 0.3) is 0 Å². The van der Waals surface area contributed by atoms with Crippen LogP contribution in [-0.2, 0) is 4.79 Å². The maximum absolute atomic E-state index is 9.27. The first-order chi connectivity index (χ1) is 9.04. The molecule has 5 nitrogen and oxygen atoms in total. The fourth-order valence-corrected chi connectivity index (χ4v) is 2.29. The number of nitrogens with zero attached hydrogens (tertiary/aromatic N) is 2. The van der Waals surface area contributed by atoms with E-state index in [0.29, 0.717) is 0 Å². The summed E-state index contributed by atoms with van der Waals surface area (Å²) in [6.45, 7) is 4.69. The molecule has 1 heterocycles. The van der Waals surface area contributed by atoms with Crippen molar-refractivity contribution < 1.29 is 4.79 Å². The predicted molar refractivity (Wildman–Crippen MR) is 77.9 cm³/mol. The molecule has 1 aliphatic heterocycles. The molecule has 1 amide bonds. The van der Waals surface area contributed by atoms with Crippen LogP contribution in [0.2, 0.25) is 0 Å². The predicted octanol–water partition coefficient (Wildman–Crippen LogP) is 0.830. The number of likely N-dealkylation sites (N-methyl/N-ethyl adjacent to an activating group) is 1. The summed E-state index contributed by atoms with van der Waals surface area (Å²) < 4.78 is 0. The van der Waals surface area contributed by atoms with Gasteiger partial charge < -0.3 is 16.4 Å². The Balaban J connectivity index is 0.000000258. The lowest BCUT2D eigenvalue weighted by Gasteiger charge is -2.13. The van der Waals surface area contributed by atoms with Gasteiger partial charge in [-0.1, -0.05) is 24.3 Å². The summed E-state index contributed by atoms with van der Waals surface area (Å²) in [7, 11) is 2.21. The molecule has 1 saturated heterocycles. The van der Waals surface area contributed by atoms with Crippen molar-refractivity contribution >= 4 is 12.4 Å². The van der Waals surface area contributed by atoms with Crippen LogP contribution in [0.5, 0.6) is 0 Å². The monoisotopic (exact) mass is 262 g/mol. The molecule has 19 heavy (non-hydrogen) atoms. The fourth-order valence-electron chi connectivity index (χ4n) is 2.29. The van der Waals surface area contributed by atoms with E-state index in [9.17, 15) is 4.79 Å². The zero-order chi connectivity index (χ0) is 14.3. The second-order valence-electron chi connectivity index (χ2n) is 4.76. The molecular weight excluding hydrogens is 240 g/mol. The first-order valence-corrected chi connectivity index (χ1v) is 6.31. The zero-order valence-corrected chi connectivity index (χ0v) is 11.5. The maximum atomic E-state index is 9.27. The Morgan fingerprint density at radius 1 is 1.42 bits per heavy atom. The number of rotatable bonds is 2. The number of aliphatic imine (C=N–C) groups is 1. The number of hydrogen-bond acceptors (Lipinski definition) is 2. The van der Waals surface area contributed by atoms with E-state index in [1.165, 1.54) is 25.1 Å². The van der Waals surface area contributed by atoms with Gasteiger partial charge in [0.25, 0.3) is 0 Å². The zero-order valence-electron chi connectivity index (χ0n) is 11.5. The molecule has 2 rings (SSSR count). The van der Waals surface area contributed by atoms with Gasteiger partial charge in [-0.3, -0.25) is 4.79 Å². The topological polar surface area (TPSA) is 84.7 Å². The van der Waals surface area contributed by atoms with Crippen molar-refractivity contribution in [1.82, 2.24) is 4.90 Å². The van der Waals surface area contributed by atoms with Crippen LogP contribution >= 0.6 is 0 Å². The van der Waals surface area contributed by atoms with Crippen molar-refractivity contribution in [2.75, 3.05) is 20.1 Å². The van der Waals surface area contributed by atoms with Gasteiger partial charge >= 0.3 is 0 Å². The Bertz CT molecular complexity index is 441. The summed E-state index contributed by atoms with van der Waals surface area (Å²) in [5, 5.41) is 0. The van der Waals surface area contributed by atoms with Crippen molar-refractivity contribution in [2.24, 2.45) is 16.5 Å². The SMILES string of the molecule is Cc1ccccc1C1CCN(C)C1.NC(N)=NC=O. The van der Waals surface area contributed by atoms with Gasteiger partial charge in [0.1, 0.15) is 0 Å². The Morgan fingerprint density at radius 3 is 2.53 bits per heavy atom. The summed E-state index contributed by atoms with van der Waals surface area (Å²) in [5.41, 5.74) is 12.4. The third kappa shape index (κ3) is 5.09. The van der Waals surface area contributed by atoms with Crippen molar-refractivity contribution in [2.45, 2.75) is 19.3 Å². The lowest BCUT2D eigenvalue weighted by Crippen LogP contribution is -2.22. The van der Waals surface area contributed by atoms with Crippen LogP contribution in [0, 0.1) is 6.92 Å². The van der Waals surface area contributed by atoms with Gasteiger partial charge in [-0.25, -0.2) is 0 Å². The second kappa shape index (κ2) is 7.53. The largest absolute Gasteiger partial charge is 0.370 e. The fraction of sp³-hybridized carbons (Fsp3) is 0.429. The molecule has 0 aromatic heterocycles. The highest BCUT2D eigenvalue weighted by Crippen LogP contribution is 2.28. The molecule has 1 aliphatic rings. The summed E-state index contributed by atoms with van der Waals surface area (Å²) >= 11 is 0. The average molecular weight is 262 g/mol. The molecule has 0 bridgehead atoms. The van der Waals surface area contributed by atoms with Crippen LogP contribution in [0.15, 0.2) is 29.3 Å². The van der Waals surface area contributed by atoms with Crippen LogP contribution in [-0.4, -0.2) is 37.4 Å². The molecule has 1 aromatic rings. The van der Waals surface area contributed by atoms with Crippen molar-refractivity contribution in [3.05, 3.63) is 35.4 Å². The van der Waals surface area contributed by atoms with E-state index < -0.39 is 0 Å². The Kier molecular flexibility index (Phi) is 6.02. The quantitative estimate of drug-likeness (QED) is 0.470. The Morgan fingerprint density at radius 2 is 2.11 bits per heavy atom. The minimum absolute atomic E-state index is 0.204. The normalized spacial score (nSPS) is 18.3. The molecule has 5 heteroatoms. The number of hydrogen-bond donors (Lipinski definition) is 2. The van der Waals surface area contributed by atoms with E-state index >= 15 is 0 Å². The van der Waals surface area contributed by atoms with Crippen molar-refractivity contribution in [3.63, 3.8) is 0 Å². The van der Waals surface area contributed by atoms with Crippen LogP contribution in [0.1, 0.15) is 23.5 Å². The Labute approximate surface area is 114 Å². The van der Waals surface area contributed by atoms with Crippen LogP contribution in [0.4, 0.5) is 0 Å². The minimum Gasteiger partial charge on any atom is -0.370 e. The number of benzene rings is 1. The molecule has 104 valence electrons. The van der Waals surface area contributed by atoms with Gasteiger partial charge in [-0.05, 0) is 44.0 Å². The lowest BCUT2D eigenvalue weighted by molar-refractivity contribution is -0.106. The van der Waals surface area contributed by atoms with Gasteiger partial charge in [0.15, 0.2) is 5.96 Å². The molecule has 0 spiro atoms. The summed E-state index contributed by atoms with van der Waals surface area (Å²) in [6, 6.07) is 8.77. The van der Waals surface area contributed by atoms with Gasteiger partial charge in [-0.2, -0.15) is 4.99 Å². The molecule has 1 unspecified atom stereocenters. The Hall–Kier alpha value is -1.88. The molecule has 4 N–H and O–H groups in total. The summed E-state index contributed by atoms with van der Waals surface area (Å²) in [6.07, 6.45) is 1.61. The molecule has 0 aliphatic carbocycles. The van der Waals surface area contributed by atoms with Crippen LogP contribution < -0.4 is 11.5 Å². The smallest absolute Gasteiger partial charge is 0.236 e. The second-order valence-corrected chi connectivity index (χ2v) is 4.76. The highest BCUT2D eigenvalue weighted by molar-refractivity contribution is 5.82. The van der Waals surface area contributed by atoms with Crippen molar-refractivity contribution in [1.29, 1.82) is 0 Å². The van der Waals surface area contributed by atoms with Gasteiger partial charge in [0.2, 0.25) is 6.41 Å². The van der Waals surface area contributed by atoms with E-state index in [1.54, 1.807) is 5.56 Å². The van der Waals surface area contributed by atoms with E-state index in [4.69, 9.17) is 11.5 Å². The summed E-state index contributed by atoms with van der Waals surface area (Å²) in [5.74, 6) is 0.566. The standard InChI is InChI=1S/C12H17N.C2H5N3O/c1-10-5-3-4-6-12(10)11-7-8-13(2)9-11;3-2(4)5-1-6/h3-6,11H,7-9H2,1-2H3;1H,(H4,3,4,5,6). The number of carbonyl (C=O) groups is 1. The van der Waals surface area contributed by atoms with E-state index in [1.807, 2.05) is 0 Å². The highest BCUT2D eigenvalue weighted by Gasteiger charge is 2.21. The maximum Gasteiger partial charge on any atom is 0.236 e. The number of aryl methyl sites for hydroxylation is 1.